The van der Waals surface area contributed by atoms with Crippen LogP contribution in [0.5, 0.6) is 5.75 Å². The minimum absolute atomic E-state index is 0.0158. The molecule has 6 aromatic rings. The van der Waals surface area contributed by atoms with E-state index in [1.807, 2.05) is 57.2 Å². The zero-order valence-electron chi connectivity index (χ0n) is 24.7. The molecule has 0 radical (unpaired) electrons. The number of ether oxygens (including phenoxy) is 1. The fraction of sp³-hybridized carbons (Fsp3) is 0.273. The van der Waals surface area contributed by atoms with Gasteiger partial charge in [-0.05, 0) is 44.4 Å². The summed E-state index contributed by atoms with van der Waals surface area (Å²) in [7, 11) is 1.67. The molecule has 10 heteroatoms. The van der Waals surface area contributed by atoms with Gasteiger partial charge >= 0.3 is 0 Å². The maximum Gasteiger partial charge on any atom is 0.238 e. The quantitative estimate of drug-likeness (QED) is 0.243. The Morgan fingerprint density at radius 2 is 1.79 bits per heavy atom. The number of nitrogens with zero attached hydrogens (tertiary/aromatic N) is 4. The summed E-state index contributed by atoms with van der Waals surface area (Å²) in [4.78, 5) is 28.4. The molecule has 0 spiro atoms. The van der Waals surface area contributed by atoms with Crippen molar-refractivity contribution in [1.82, 2.24) is 30.3 Å². The average molecular weight is 576 g/mol. The molecule has 4 heterocycles. The maximum absolute atomic E-state index is 13.0. The zero-order chi connectivity index (χ0) is 29.7. The fourth-order valence-corrected chi connectivity index (χ4v) is 6.24. The summed E-state index contributed by atoms with van der Waals surface area (Å²) in [6, 6.07) is 16.2. The van der Waals surface area contributed by atoms with Crippen molar-refractivity contribution >= 4 is 44.3 Å². The number of methoxy groups -OCH3 is 1. The van der Waals surface area contributed by atoms with E-state index in [1.54, 1.807) is 7.11 Å². The van der Waals surface area contributed by atoms with Gasteiger partial charge in [-0.3, -0.25) is 9.69 Å². The third-order valence-electron chi connectivity index (χ3n) is 8.22. The van der Waals surface area contributed by atoms with E-state index < -0.39 is 0 Å². The normalized spacial score (nSPS) is 14.1. The second kappa shape index (κ2) is 10.8. The number of piperazine rings is 1. The van der Waals surface area contributed by atoms with Crippen LogP contribution in [0.4, 0.5) is 5.69 Å². The highest BCUT2D eigenvalue weighted by atomic mass is 16.5. The summed E-state index contributed by atoms with van der Waals surface area (Å²) < 4.78 is 11.3. The monoisotopic (exact) mass is 575 g/mol. The van der Waals surface area contributed by atoms with Crippen LogP contribution in [0.15, 0.2) is 53.1 Å². The molecule has 3 aromatic carbocycles. The largest absolute Gasteiger partial charge is 0.496 e. The molecule has 0 unspecified atom stereocenters. The SMILES string of the molecule is COc1cc2c(cc1-c1c(C)noc1C)[nH]c1nc(C)nc(-c3ccc(NC(=O)CN4CCNCC4)c4ccccc34)c12. The fourth-order valence-electron chi connectivity index (χ4n) is 6.24. The number of aromatic amines is 1. The molecule has 1 amide bonds. The van der Waals surface area contributed by atoms with E-state index >= 15 is 0 Å². The Morgan fingerprint density at radius 3 is 2.53 bits per heavy atom. The summed E-state index contributed by atoms with van der Waals surface area (Å²) in [5.41, 5.74) is 6.83. The number of amides is 1. The average Bonchev–Trinajstić information content (AvgIpc) is 3.54. The molecule has 7 rings (SSSR count). The molecule has 1 saturated heterocycles. The topological polar surface area (TPSA) is 121 Å². The number of carbonyl (C=O) groups excluding carboxylic acids is 1. The molecule has 0 atom stereocenters. The van der Waals surface area contributed by atoms with Crippen LogP contribution < -0.4 is 15.4 Å². The van der Waals surface area contributed by atoms with Crippen LogP contribution in [0.2, 0.25) is 0 Å². The molecule has 218 valence electrons. The molecular formula is C33H33N7O3. The van der Waals surface area contributed by atoms with Gasteiger partial charge in [0.25, 0.3) is 0 Å². The van der Waals surface area contributed by atoms with Gasteiger partial charge in [0.1, 0.15) is 23.0 Å². The predicted molar refractivity (Wildman–Crippen MR) is 169 cm³/mol. The van der Waals surface area contributed by atoms with Crippen molar-refractivity contribution in [1.29, 1.82) is 0 Å². The van der Waals surface area contributed by atoms with Crippen LogP contribution in [-0.2, 0) is 4.79 Å². The summed E-state index contributed by atoms with van der Waals surface area (Å²) in [6.45, 7) is 9.64. The Balaban J connectivity index is 1.36. The molecule has 3 N–H and O–H groups in total. The third kappa shape index (κ3) is 4.78. The number of fused-ring (bicyclic) bond motifs is 4. The van der Waals surface area contributed by atoms with Gasteiger partial charge < -0.3 is 24.9 Å². The van der Waals surface area contributed by atoms with E-state index in [2.05, 4.69) is 37.8 Å². The molecule has 0 saturated carbocycles. The highest BCUT2D eigenvalue weighted by molar-refractivity contribution is 6.17. The summed E-state index contributed by atoms with van der Waals surface area (Å²) >= 11 is 0. The Hall–Kier alpha value is -4.80. The van der Waals surface area contributed by atoms with Gasteiger partial charge in [0.05, 0.1) is 36.0 Å². The molecule has 0 aliphatic carbocycles. The first-order chi connectivity index (χ1) is 20.9. The van der Waals surface area contributed by atoms with Gasteiger partial charge in [-0.15, -0.1) is 0 Å². The Morgan fingerprint density at radius 1 is 1.00 bits per heavy atom. The first-order valence-electron chi connectivity index (χ1n) is 14.5. The van der Waals surface area contributed by atoms with E-state index in [0.717, 1.165) is 98.4 Å². The number of rotatable bonds is 6. The van der Waals surface area contributed by atoms with Crippen molar-refractivity contribution in [2.24, 2.45) is 0 Å². The Kier molecular flexibility index (Phi) is 6.79. The van der Waals surface area contributed by atoms with E-state index in [-0.39, 0.29) is 5.91 Å². The van der Waals surface area contributed by atoms with E-state index in [4.69, 9.17) is 19.2 Å². The van der Waals surface area contributed by atoms with Crippen LogP contribution >= 0.6 is 0 Å². The number of nitrogens with one attached hydrogen (secondary N) is 3. The van der Waals surface area contributed by atoms with Crippen LogP contribution in [0.1, 0.15) is 17.3 Å². The molecule has 10 nitrogen and oxygen atoms in total. The number of hydrogen-bond acceptors (Lipinski definition) is 8. The lowest BCUT2D eigenvalue weighted by Gasteiger charge is -2.26. The van der Waals surface area contributed by atoms with E-state index in [9.17, 15) is 4.79 Å². The van der Waals surface area contributed by atoms with Gasteiger partial charge in [-0.2, -0.15) is 0 Å². The lowest BCUT2D eigenvalue weighted by Crippen LogP contribution is -2.46. The molecule has 1 aliphatic rings. The van der Waals surface area contributed by atoms with Crippen molar-refractivity contribution in [3.63, 3.8) is 0 Å². The van der Waals surface area contributed by atoms with Gasteiger partial charge in [-0.1, -0.05) is 35.5 Å². The van der Waals surface area contributed by atoms with Gasteiger partial charge in [0.15, 0.2) is 0 Å². The lowest BCUT2D eigenvalue weighted by molar-refractivity contribution is -0.117. The van der Waals surface area contributed by atoms with Crippen LogP contribution in [0.25, 0.3) is 55.1 Å². The van der Waals surface area contributed by atoms with Crippen LogP contribution in [0.3, 0.4) is 0 Å². The third-order valence-corrected chi connectivity index (χ3v) is 8.22. The van der Waals surface area contributed by atoms with Crippen molar-refractivity contribution < 1.29 is 14.1 Å². The standard InChI is InChI=1S/C33H33N7O3/c1-18-30(19(2)43-39-18)25-15-27-24(16-28(25)42-4)31-32(35-20(3)36-33(31)38-27)23-9-10-26(22-8-6-5-7-21(22)23)37-29(41)17-40-13-11-34-12-14-40/h5-10,15-16,34H,11-14,17H2,1-4H3,(H,37,41)(H,35,36,38). The first kappa shape index (κ1) is 27.1. The molecular weight excluding hydrogens is 542 g/mol. The summed E-state index contributed by atoms with van der Waals surface area (Å²) in [6.07, 6.45) is 0. The number of carbonyl (C=O) groups is 1. The molecule has 3 aromatic heterocycles. The maximum atomic E-state index is 13.0. The molecule has 1 fully saturated rings. The van der Waals surface area contributed by atoms with Gasteiger partial charge in [0.2, 0.25) is 5.91 Å². The molecule has 0 bridgehead atoms. The van der Waals surface area contributed by atoms with E-state index in [1.165, 1.54) is 0 Å². The number of anilines is 1. The number of H-pyrrole nitrogens is 1. The minimum Gasteiger partial charge on any atom is -0.496 e. The van der Waals surface area contributed by atoms with Crippen molar-refractivity contribution in [2.75, 3.05) is 45.2 Å². The second-order valence-corrected chi connectivity index (χ2v) is 11.0. The first-order valence-corrected chi connectivity index (χ1v) is 14.5. The van der Waals surface area contributed by atoms with Crippen LogP contribution in [0, 0.1) is 20.8 Å². The Labute approximate surface area is 248 Å². The van der Waals surface area contributed by atoms with Crippen molar-refractivity contribution in [3.05, 3.63) is 65.8 Å². The predicted octanol–water partition coefficient (Wildman–Crippen LogP) is 5.36. The molecule has 43 heavy (non-hydrogen) atoms. The highest BCUT2D eigenvalue weighted by Gasteiger charge is 2.22. The number of benzene rings is 3. The summed E-state index contributed by atoms with van der Waals surface area (Å²) in [5.74, 6) is 2.08. The summed E-state index contributed by atoms with van der Waals surface area (Å²) in [5, 5.41) is 14.4. The lowest BCUT2D eigenvalue weighted by atomic mass is 9.97. The van der Waals surface area contributed by atoms with E-state index in [0.29, 0.717) is 18.1 Å². The Bertz CT molecular complexity index is 2000. The van der Waals surface area contributed by atoms with Crippen LogP contribution in [-0.4, -0.2) is 70.7 Å². The molecule has 1 aliphatic heterocycles. The van der Waals surface area contributed by atoms with Gasteiger partial charge in [-0.25, -0.2) is 9.97 Å². The number of hydrogen-bond donors (Lipinski definition) is 3. The number of aromatic nitrogens is 4. The minimum atomic E-state index is -0.0158. The zero-order valence-corrected chi connectivity index (χ0v) is 24.7. The second-order valence-electron chi connectivity index (χ2n) is 11.0. The van der Waals surface area contributed by atoms with Gasteiger partial charge in [0, 0.05) is 59.3 Å². The smallest absolute Gasteiger partial charge is 0.238 e. The number of aryl methyl sites for hydroxylation is 3. The highest BCUT2D eigenvalue weighted by Crippen LogP contribution is 2.42. The van der Waals surface area contributed by atoms with Crippen molar-refractivity contribution in [2.45, 2.75) is 20.8 Å². The van der Waals surface area contributed by atoms with Crippen molar-refractivity contribution in [3.8, 4) is 28.1 Å².